The molecular formula is C18H25NO. The lowest BCUT2D eigenvalue weighted by Gasteiger charge is -2.30. The van der Waals surface area contributed by atoms with Gasteiger partial charge < -0.3 is 5.73 Å². The van der Waals surface area contributed by atoms with Gasteiger partial charge in [0.05, 0.1) is 0 Å². The quantitative estimate of drug-likeness (QED) is 0.844. The van der Waals surface area contributed by atoms with Crippen LogP contribution in [0.4, 0.5) is 0 Å². The molecule has 0 bridgehead atoms. The maximum atomic E-state index is 12.7. The van der Waals surface area contributed by atoms with Crippen LogP contribution in [0.15, 0.2) is 24.3 Å². The topological polar surface area (TPSA) is 43.1 Å². The molecule has 2 fully saturated rings. The van der Waals surface area contributed by atoms with Crippen LogP contribution in [0.25, 0.3) is 0 Å². The smallest absolute Gasteiger partial charge is 0.166 e. The second-order valence-corrected chi connectivity index (χ2v) is 6.50. The van der Waals surface area contributed by atoms with Crippen molar-refractivity contribution >= 4 is 5.78 Å². The molecule has 0 aliphatic heterocycles. The molecule has 3 rings (SSSR count). The molecule has 1 aromatic rings. The molecule has 0 heterocycles. The lowest BCUT2D eigenvalue weighted by atomic mass is 9.75. The maximum Gasteiger partial charge on any atom is 0.166 e. The first kappa shape index (κ1) is 13.8. The molecule has 0 spiro atoms. The Bertz CT molecular complexity index is 461. The monoisotopic (exact) mass is 271 g/mol. The first-order valence-corrected chi connectivity index (χ1v) is 8.14. The number of rotatable bonds is 4. The van der Waals surface area contributed by atoms with Gasteiger partial charge in [-0.1, -0.05) is 43.5 Å². The van der Waals surface area contributed by atoms with Gasteiger partial charge in [-0.3, -0.25) is 4.79 Å². The van der Waals surface area contributed by atoms with Crippen LogP contribution in [0.2, 0.25) is 0 Å². The number of hydrogen-bond acceptors (Lipinski definition) is 2. The van der Waals surface area contributed by atoms with Gasteiger partial charge >= 0.3 is 0 Å². The minimum absolute atomic E-state index is 0.156. The van der Waals surface area contributed by atoms with Crippen molar-refractivity contribution in [2.75, 3.05) is 6.54 Å². The third kappa shape index (κ3) is 2.67. The van der Waals surface area contributed by atoms with Crippen molar-refractivity contribution in [3.63, 3.8) is 0 Å². The lowest BCUT2D eigenvalue weighted by molar-refractivity contribution is 0.0829. The fourth-order valence-electron chi connectivity index (χ4n) is 3.71. The van der Waals surface area contributed by atoms with E-state index in [1.54, 1.807) is 0 Å². The summed E-state index contributed by atoms with van der Waals surface area (Å²) in [6, 6.07) is 8.41. The average molecular weight is 271 g/mol. The largest absolute Gasteiger partial charge is 0.330 e. The van der Waals surface area contributed by atoms with Crippen molar-refractivity contribution in [1.29, 1.82) is 0 Å². The number of hydrogen-bond donors (Lipinski definition) is 1. The average Bonchev–Trinajstić information content (AvgIpc) is 2.45. The van der Waals surface area contributed by atoms with E-state index in [4.69, 9.17) is 5.73 Å². The molecule has 2 nitrogen and oxygen atoms in total. The first-order chi connectivity index (χ1) is 9.79. The van der Waals surface area contributed by atoms with Crippen LogP contribution in [-0.4, -0.2) is 12.3 Å². The highest BCUT2D eigenvalue weighted by atomic mass is 16.1. The van der Waals surface area contributed by atoms with Crippen molar-refractivity contribution in [3.05, 3.63) is 35.4 Å². The maximum absolute atomic E-state index is 12.7. The standard InChI is InChI=1S/C18H25NO/c19-12-16-4-1-2-7-17(16)18(20)15-10-8-14(9-11-15)13-5-3-6-13/h8-11,13,16-17H,1-7,12,19H2. The molecule has 0 saturated heterocycles. The van der Waals surface area contributed by atoms with E-state index in [1.807, 2.05) is 12.1 Å². The Kier molecular flexibility index (Phi) is 4.21. The Balaban J connectivity index is 1.72. The van der Waals surface area contributed by atoms with E-state index in [2.05, 4.69) is 12.1 Å². The fraction of sp³-hybridized carbons (Fsp3) is 0.611. The van der Waals surface area contributed by atoms with Crippen molar-refractivity contribution in [2.24, 2.45) is 17.6 Å². The normalized spacial score (nSPS) is 27.1. The summed E-state index contributed by atoms with van der Waals surface area (Å²) in [4.78, 5) is 12.7. The highest BCUT2D eigenvalue weighted by molar-refractivity contribution is 5.98. The third-order valence-electron chi connectivity index (χ3n) is 5.32. The van der Waals surface area contributed by atoms with Crippen molar-refractivity contribution in [3.8, 4) is 0 Å². The van der Waals surface area contributed by atoms with E-state index < -0.39 is 0 Å². The molecule has 2 atom stereocenters. The summed E-state index contributed by atoms with van der Waals surface area (Å²) in [5, 5.41) is 0. The fourth-order valence-corrected chi connectivity index (χ4v) is 3.71. The van der Waals surface area contributed by atoms with Gasteiger partial charge in [-0.2, -0.15) is 0 Å². The number of Topliss-reactive ketones (excluding diaryl/α,β-unsaturated/α-hetero) is 1. The Labute approximate surface area is 121 Å². The van der Waals surface area contributed by atoms with E-state index in [-0.39, 0.29) is 5.92 Å². The predicted octanol–water partition coefficient (Wildman–Crippen LogP) is 3.90. The van der Waals surface area contributed by atoms with Gasteiger partial charge in [-0.15, -0.1) is 0 Å². The van der Waals surface area contributed by atoms with Gasteiger partial charge in [0.25, 0.3) is 0 Å². The zero-order valence-electron chi connectivity index (χ0n) is 12.2. The number of benzene rings is 1. The Hall–Kier alpha value is -1.15. The summed E-state index contributed by atoms with van der Waals surface area (Å²) in [6.45, 7) is 0.649. The van der Waals surface area contributed by atoms with Crippen molar-refractivity contribution in [1.82, 2.24) is 0 Å². The molecule has 2 saturated carbocycles. The molecule has 0 radical (unpaired) electrons. The van der Waals surface area contributed by atoms with Crippen molar-refractivity contribution in [2.45, 2.75) is 50.9 Å². The molecule has 2 aliphatic carbocycles. The molecule has 2 N–H and O–H groups in total. The number of carbonyl (C=O) groups is 1. The van der Waals surface area contributed by atoms with Gasteiger partial charge in [0.15, 0.2) is 5.78 Å². The number of nitrogens with two attached hydrogens (primary N) is 1. The van der Waals surface area contributed by atoms with E-state index in [9.17, 15) is 4.79 Å². The van der Waals surface area contributed by atoms with Crippen LogP contribution < -0.4 is 5.73 Å². The zero-order valence-corrected chi connectivity index (χ0v) is 12.2. The minimum Gasteiger partial charge on any atom is -0.330 e. The van der Waals surface area contributed by atoms with Crippen LogP contribution >= 0.6 is 0 Å². The van der Waals surface area contributed by atoms with Gasteiger partial charge in [0, 0.05) is 11.5 Å². The molecule has 0 aromatic heterocycles. The molecule has 1 aromatic carbocycles. The van der Waals surface area contributed by atoms with Gasteiger partial charge in [0.1, 0.15) is 0 Å². The summed E-state index contributed by atoms with van der Waals surface area (Å²) >= 11 is 0. The Morgan fingerprint density at radius 1 is 1.00 bits per heavy atom. The highest BCUT2D eigenvalue weighted by Gasteiger charge is 2.30. The van der Waals surface area contributed by atoms with Crippen LogP contribution in [-0.2, 0) is 0 Å². The first-order valence-electron chi connectivity index (χ1n) is 8.14. The van der Waals surface area contributed by atoms with E-state index in [0.717, 1.165) is 24.3 Å². The van der Waals surface area contributed by atoms with Crippen molar-refractivity contribution < 1.29 is 4.79 Å². The van der Waals surface area contributed by atoms with Gasteiger partial charge in [-0.05, 0) is 49.6 Å². The van der Waals surface area contributed by atoms with Crippen LogP contribution in [0.5, 0.6) is 0 Å². The van der Waals surface area contributed by atoms with Gasteiger partial charge in [-0.25, -0.2) is 0 Å². The molecule has 0 amide bonds. The predicted molar refractivity (Wildman–Crippen MR) is 81.9 cm³/mol. The summed E-state index contributed by atoms with van der Waals surface area (Å²) < 4.78 is 0. The summed E-state index contributed by atoms with van der Waals surface area (Å²) in [6.07, 6.45) is 8.51. The van der Waals surface area contributed by atoms with E-state index in [0.29, 0.717) is 18.2 Å². The number of ketones is 1. The Morgan fingerprint density at radius 3 is 2.30 bits per heavy atom. The molecule has 2 aliphatic rings. The third-order valence-corrected chi connectivity index (χ3v) is 5.32. The number of carbonyl (C=O) groups excluding carboxylic acids is 1. The van der Waals surface area contributed by atoms with Crippen LogP contribution in [0, 0.1) is 11.8 Å². The summed E-state index contributed by atoms with van der Waals surface area (Å²) in [5.41, 5.74) is 8.14. The summed E-state index contributed by atoms with van der Waals surface area (Å²) in [5.74, 6) is 1.61. The lowest BCUT2D eigenvalue weighted by Crippen LogP contribution is -2.32. The molecule has 20 heavy (non-hydrogen) atoms. The second-order valence-electron chi connectivity index (χ2n) is 6.50. The summed E-state index contributed by atoms with van der Waals surface area (Å²) in [7, 11) is 0. The molecular weight excluding hydrogens is 246 g/mol. The highest BCUT2D eigenvalue weighted by Crippen LogP contribution is 2.37. The van der Waals surface area contributed by atoms with E-state index >= 15 is 0 Å². The minimum atomic E-state index is 0.156. The zero-order chi connectivity index (χ0) is 13.9. The van der Waals surface area contributed by atoms with Gasteiger partial charge in [0.2, 0.25) is 0 Å². The molecule has 108 valence electrons. The SMILES string of the molecule is NCC1CCCCC1C(=O)c1ccc(C2CCC2)cc1. The second kappa shape index (κ2) is 6.09. The van der Waals surface area contributed by atoms with Crippen LogP contribution in [0.1, 0.15) is 66.8 Å². The molecule has 2 heteroatoms. The Morgan fingerprint density at radius 2 is 1.70 bits per heavy atom. The van der Waals surface area contributed by atoms with E-state index in [1.165, 1.54) is 37.7 Å². The molecule has 2 unspecified atom stereocenters. The van der Waals surface area contributed by atoms with Crippen LogP contribution in [0.3, 0.4) is 0 Å².